The summed E-state index contributed by atoms with van der Waals surface area (Å²) in [6.07, 6.45) is -0.0656. The van der Waals surface area contributed by atoms with E-state index in [1.165, 1.54) is 0 Å². The lowest BCUT2D eigenvalue weighted by Gasteiger charge is -2.29. The van der Waals surface area contributed by atoms with Gasteiger partial charge in [-0.25, -0.2) is 0 Å². The monoisotopic (exact) mass is 270 g/mol. The minimum absolute atomic E-state index is 0.0656. The van der Waals surface area contributed by atoms with Gasteiger partial charge in [0.2, 0.25) is 0 Å². The van der Waals surface area contributed by atoms with Crippen LogP contribution in [0.15, 0.2) is 60.7 Å². The van der Waals surface area contributed by atoms with Crippen molar-refractivity contribution in [2.45, 2.75) is 25.6 Å². The van der Waals surface area contributed by atoms with Gasteiger partial charge >= 0.3 is 5.97 Å². The van der Waals surface area contributed by atoms with E-state index in [0.717, 1.165) is 11.1 Å². The summed E-state index contributed by atoms with van der Waals surface area (Å²) < 4.78 is 5.93. The first-order valence-electron chi connectivity index (χ1n) is 6.55. The van der Waals surface area contributed by atoms with Crippen LogP contribution in [0.25, 0.3) is 0 Å². The van der Waals surface area contributed by atoms with Gasteiger partial charge in [-0.1, -0.05) is 60.7 Å². The van der Waals surface area contributed by atoms with E-state index in [1.54, 1.807) is 0 Å². The molecule has 1 atom stereocenters. The minimum atomic E-state index is -0.871. The molecule has 3 heteroatoms. The summed E-state index contributed by atoms with van der Waals surface area (Å²) in [5, 5.41) is 9.13. The lowest BCUT2D eigenvalue weighted by atomic mass is 9.92. The Balaban J connectivity index is 2.17. The Bertz CT molecular complexity index is 551. The predicted molar refractivity (Wildman–Crippen MR) is 77.3 cm³/mol. The molecule has 0 aliphatic carbocycles. The molecule has 0 amide bonds. The van der Waals surface area contributed by atoms with Crippen LogP contribution in [-0.4, -0.2) is 11.1 Å². The quantitative estimate of drug-likeness (QED) is 0.872. The van der Waals surface area contributed by atoms with Crippen LogP contribution in [0, 0.1) is 0 Å². The lowest BCUT2D eigenvalue weighted by Crippen LogP contribution is -2.29. The summed E-state index contributed by atoms with van der Waals surface area (Å²) in [4.78, 5) is 11.1. The smallest absolute Gasteiger partial charge is 0.306 e. The molecule has 2 aromatic rings. The van der Waals surface area contributed by atoms with Crippen molar-refractivity contribution in [2.24, 2.45) is 0 Å². The van der Waals surface area contributed by atoms with Crippen molar-refractivity contribution < 1.29 is 14.6 Å². The summed E-state index contributed by atoms with van der Waals surface area (Å²) in [5.74, 6) is -0.871. The van der Waals surface area contributed by atoms with Crippen molar-refractivity contribution in [1.82, 2.24) is 0 Å². The number of ether oxygens (including phenoxy) is 1. The average Bonchev–Trinajstić information content (AvgIpc) is 2.47. The highest BCUT2D eigenvalue weighted by Crippen LogP contribution is 2.30. The average molecular weight is 270 g/mol. The molecule has 0 saturated carbocycles. The van der Waals surface area contributed by atoms with Gasteiger partial charge in [-0.05, 0) is 18.1 Å². The molecule has 104 valence electrons. The van der Waals surface area contributed by atoms with Gasteiger partial charge in [-0.2, -0.15) is 0 Å². The molecule has 0 aromatic heterocycles. The maximum atomic E-state index is 11.1. The van der Waals surface area contributed by atoms with Gasteiger partial charge in [0.1, 0.15) is 5.60 Å². The van der Waals surface area contributed by atoms with Crippen molar-refractivity contribution in [1.29, 1.82) is 0 Å². The van der Waals surface area contributed by atoms with Crippen LogP contribution >= 0.6 is 0 Å². The molecule has 20 heavy (non-hydrogen) atoms. The fraction of sp³-hybridized carbons (Fsp3) is 0.235. The molecule has 0 radical (unpaired) electrons. The van der Waals surface area contributed by atoms with Crippen molar-refractivity contribution in [2.75, 3.05) is 0 Å². The molecular weight excluding hydrogens is 252 g/mol. The molecule has 1 N–H and O–H groups in total. The zero-order valence-electron chi connectivity index (χ0n) is 11.5. The van der Waals surface area contributed by atoms with Crippen LogP contribution in [0.4, 0.5) is 0 Å². The maximum absolute atomic E-state index is 11.1. The number of carboxylic acids is 1. The second kappa shape index (κ2) is 6.35. The first-order valence-corrected chi connectivity index (χ1v) is 6.55. The van der Waals surface area contributed by atoms with Gasteiger partial charge in [-0.3, -0.25) is 4.79 Å². The second-order valence-electron chi connectivity index (χ2n) is 4.94. The molecule has 0 bridgehead atoms. The fourth-order valence-electron chi connectivity index (χ4n) is 2.13. The van der Waals surface area contributed by atoms with E-state index in [2.05, 4.69) is 0 Å². The molecule has 0 fully saturated rings. The number of carboxylic acid groups (broad SMARTS) is 1. The summed E-state index contributed by atoms with van der Waals surface area (Å²) in [6.45, 7) is 2.21. The van der Waals surface area contributed by atoms with Crippen molar-refractivity contribution in [3.8, 4) is 0 Å². The normalized spacial score (nSPS) is 13.7. The number of rotatable bonds is 6. The minimum Gasteiger partial charge on any atom is -0.481 e. The Morgan fingerprint density at radius 1 is 1.05 bits per heavy atom. The predicted octanol–water partition coefficient (Wildman–Crippen LogP) is 3.59. The van der Waals surface area contributed by atoms with Crippen LogP contribution in [-0.2, 0) is 21.7 Å². The van der Waals surface area contributed by atoms with Crippen molar-refractivity contribution >= 4 is 5.97 Å². The highest BCUT2D eigenvalue weighted by Gasteiger charge is 2.30. The number of aliphatic carboxylic acids is 1. The summed E-state index contributed by atoms with van der Waals surface area (Å²) in [6, 6.07) is 19.2. The number of benzene rings is 2. The van der Waals surface area contributed by atoms with Gasteiger partial charge < -0.3 is 9.84 Å². The van der Waals surface area contributed by atoms with E-state index in [0.29, 0.717) is 6.61 Å². The molecule has 3 nitrogen and oxygen atoms in total. The van der Waals surface area contributed by atoms with Gasteiger partial charge in [0, 0.05) is 0 Å². The third kappa shape index (κ3) is 3.68. The van der Waals surface area contributed by atoms with E-state index >= 15 is 0 Å². The van der Waals surface area contributed by atoms with Gasteiger partial charge in [0.25, 0.3) is 0 Å². The van der Waals surface area contributed by atoms with Gasteiger partial charge in [0.05, 0.1) is 13.0 Å². The van der Waals surface area contributed by atoms with Crippen molar-refractivity contribution in [3.63, 3.8) is 0 Å². The standard InChI is InChI=1S/C17H18O3/c1-17(12-16(18)19,15-10-6-3-7-11-15)20-13-14-8-4-2-5-9-14/h2-11H,12-13H2,1H3,(H,18,19). The summed E-state index contributed by atoms with van der Waals surface area (Å²) in [7, 11) is 0. The third-order valence-corrected chi connectivity index (χ3v) is 3.27. The summed E-state index contributed by atoms with van der Waals surface area (Å²) >= 11 is 0. The first kappa shape index (κ1) is 14.3. The molecule has 2 aromatic carbocycles. The Hall–Kier alpha value is -2.13. The molecular formula is C17H18O3. The topological polar surface area (TPSA) is 46.5 Å². The van der Waals surface area contributed by atoms with Gasteiger partial charge in [0.15, 0.2) is 0 Å². The molecule has 2 rings (SSSR count). The maximum Gasteiger partial charge on any atom is 0.306 e. The van der Waals surface area contributed by atoms with Crippen molar-refractivity contribution in [3.05, 3.63) is 71.8 Å². The second-order valence-corrected chi connectivity index (χ2v) is 4.94. The molecule has 0 aliphatic heterocycles. The largest absolute Gasteiger partial charge is 0.481 e. The van der Waals surface area contributed by atoms with E-state index in [9.17, 15) is 4.79 Å². The number of hydrogen-bond acceptors (Lipinski definition) is 2. The third-order valence-electron chi connectivity index (χ3n) is 3.27. The zero-order chi connectivity index (χ0) is 14.4. The Morgan fingerprint density at radius 2 is 1.60 bits per heavy atom. The summed E-state index contributed by atoms with van der Waals surface area (Å²) in [5.41, 5.74) is 1.07. The fourth-order valence-corrected chi connectivity index (χ4v) is 2.13. The number of carbonyl (C=O) groups is 1. The Labute approximate surface area is 118 Å². The number of hydrogen-bond donors (Lipinski definition) is 1. The van der Waals surface area contributed by atoms with Crippen LogP contribution in [0.1, 0.15) is 24.5 Å². The van der Waals surface area contributed by atoms with E-state index < -0.39 is 11.6 Å². The molecule has 0 aliphatic rings. The van der Waals surface area contributed by atoms with E-state index in [4.69, 9.17) is 9.84 Å². The Morgan fingerprint density at radius 3 is 2.15 bits per heavy atom. The van der Waals surface area contributed by atoms with Crippen LogP contribution < -0.4 is 0 Å². The van der Waals surface area contributed by atoms with Crippen LogP contribution in [0.3, 0.4) is 0 Å². The lowest BCUT2D eigenvalue weighted by molar-refractivity contribution is -0.146. The SMILES string of the molecule is CC(CC(=O)O)(OCc1ccccc1)c1ccccc1. The zero-order valence-corrected chi connectivity index (χ0v) is 11.5. The first-order chi connectivity index (χ1) is 9.60. The molecule has 0 heterocycles. The highest BCUT2D eigenvalue weighted by molar-refractivity contribution is 5.68. The molecule has 1 unspecified atom stereocenters. The molecule has 0 spiro atoms. The Kier molecular flexibility index (Phi) is 4.53. The van der Waals surface area contributed by atoms with Gasteiger partial charge in [-0.15, -0.1) is 0 Å². The highest BCUT2D eigenvalue weighted by atomic mass is 16.5. The van der Waals surface area contributed by atoms with Crippen LogP contribution in [0.2, 0.25) is 0 Å². The van der Waals surface area contributed by atoms with E-state index in [1.807, 2.05) is 67.6 Å². The van der Waals surface area contributed by atoms with Crippen LogP contribution in [0.5, 0.6) is 0 Å². The van der Waals surface area contributed by atoms with E-state index in [-0.39, 0.29) is 6.42 Å². The molecule has 0 saturated heterocycles.